The van der Waals surface area contributed by atoms with E-state index >= 15 is 0 Å². The largest absolute Gasteiger partial charge is 0.496 e. The molecule has 10 heteroatoms. The Bertz CT molecular complexity index is 832. The molecule has 0 aliphatic rings. The van der Waals surface area contributed by atoms with Crippen molar-refractivity contribution in [3.63, 3.8) is 0 Å². The number of benzene rings is 2. The molecule has 0 radical (unpaired) electrons. The second-order valence-electron chi connectivity index (χ2n) is 5.97. The first kappa shape index (κ1) is 22.5. The number of para-hydroxylation sites is 1. The van der Waals surface area contributed by atoms with Gasteiger partial charge in [-0.25, -0.2) is 0 Å². The van der Waals surface area contributed by atoms with E-state index in [9.17, 15) is 31.1 Å². The zero-order chi connectivity index (χ0) is 21.8. The number of carbonyl (C=O) groups is 1. The summed E-state index contributed by atoms with van der Waals surface area (Å²) >= 11 is 0. The minimum atomic E-state index is -5.04. The van der Waals surface area contributed by atoms with Crippen LogP contribution in [0.4, 0.5) is 26.3 Å². The molecule has 0 spiro atoms. The number of carbonyl (C=O) groups excluding carboxylic acids is 1. The number of nitrogens with one attached hydrogen (secondary N) is 1. The van der Waals surface area contributed by atoms with Crippen molar-refractivity contribution in [2.24, 2.45) is 0 Å². The number of amides is 1. The molecular formula is C19H17F6NO3. The second kappa shape index (κ2) is 8.73. The molecule has 2 rings (SSSR count). The van der Waals surface area contributed by atoms with E-state index in [1.165, 1.54) is 14.2 Å². The Labute approximate surface area is 162 Å². The minimum absolute atomic E-state index is 0.0381. The SMILES string of the molecule is COc1ccccc1C(CNC(=O)c1cc(C(F)(F)F)cc(C(F)(F)F)c1)OC. The van der Waals surface area contributed by atoms with Crippen LogP contribution in [0.5, 0.6) is 5.75 Å². The molecule has 29 heavy (non-hydrogen) atoms. The Morgan fingerprint density at radius 2 is 1.52 bits per heavy atom. The average Bonchev–Trinajstić information content (AvgIpc) is 2.66. The number of ether oxygens (including phenoxy) is 2. The normalized spacial score (nSPS) is 13.1. The quantitative estimate of drug-likeness (QED) is 0.679. The summed E-state index contributed by atoms with van der Waals surface area (Å²) < 4.78 is 88.1. The molecule has 4 nitrogen and oxygen atoms in total. The van der Waals surface area contributed by atoms with Crippen LogP contribution in [0, 0.1) is 0 Å². The van der Waals surface area contributed by atoms with Crippen LogP contribution in [0.15, 0.2) is 42.5 Å². The van der Waals surface area contributed by atoms with Crippen LogP contribution < -0.4 is 10.1 Å². The molecule has 2 aromatic rings. The van der Waals surface area contributed by atoms with Gasteiger partial charge in [-0.15, -0.1) is 0 Å². The maximum atomic E-state index is 12.9. The Hall–Kier alpha value is -2.75. The summed E-state index contributed by atoms with van der Waals surface area (Å²) in [6, 6.07) is 7.40. The van der Waals surface area contributed by atoms with E-state index in [4.69, 9.17) is 9.47 Å². The second-order valence-corrected chi connectivity index (χ2v) is 5.97. The summed E-state index contributed by atoms with van der Waals surface area (Å²) in [6.07, 6.45) is -10.8. The van der Waals surface area contributed by atoms with Crippen LogP contribution in [0.25, 0.3) is 0 Å². The lowest BCUT2D eigenvalue weighted by Crippen LogP contribution is -2.30. The summed E-state index contributed by atoms with van der Waals surface area (Å²) in [5.74, 6) is -0.648. The molecule has 0 bridgehead atoms. The Morgan fingerprint density at radius 3 is 2.00 bits per heavy atom. The number of rotatable bonds is 6. The molecule has 0 aliphatic carbocycles. The van der Waals surface area contributed by atoms with Gasteiger partial charge in [0.25, 0.3) is 5.91 Å². The first-order chi connectivity index (χ1) is 13.5. The third-order valence-electron chi connectivity index (χ3n) is 4.07. The third-order valence-corrected chi connectivity index (χ3v) is 4.07. The fourth-order valence-corrected chi connectivity index (χ4v) is 2.63. The van der Waals surface area contributed by atoms with Gasteiger partial charge >= 0.3 is 12.4 Å². The van der Waals surface area contributed by atoms with Crippen molar-refractivity contribution < 1.29 is 40.6 Å². The van der Waals surface area contributed by atoms with E-state index in [-0.39, 0.29) is 12.6 Å². The van der Waals surface area contributed by atoms with Crippen molar-refractivity contribution in [1.82, 2.24) is 5.32 Å². The van der Waals surface area contributed by atoms with Gasteiger partial charge in [0.1, 0.15) is 11.9 Å². The topological polar surface area (TPSA) is 47.6 Å². The fourth-order valence-electron chi connectivity index (χ4n) is 2.63. The molecule has 1 N–H and O–H groups in total. The van der Waals surface area contributed by atoms with Crippen molar-refractivity contribution in [1.29, 1.82) is 0 Å². The molecule has 0 saturated heterocycles. The average molecular weight is 421 g/mol. The summed E-state index contributed by atoms with van der Waals surface area (Å²) in [4.78, 5) is 12.3. The molecule has 0 aromatic heterocycles. The number of methoxy groups -OCH3 is 2. The van der Waals surface area contributed by atoms with Crippen LogP contribution in [0.2, 0.25) is 0 Å². The van der Waals surface area contributed by atoms with Gasteiger partial charge in [-0.2, -0.15) is 26.3 Å². The molecule has 0 aliphatic heterocycles. The van der Waals surface area contributed by atoms with Crippen molar-refractivity contribution in [2.75, 3.05) is 20.8 Å². The molecule has 0 saturated carbocycles. The lowest BCUT2D eigenvalue weighted by Gasteiger charge is -2.19. The molecule has 1 unspecified atom stereocenters. The molecule has 2 aromatic carbocycles. The van der Waals surface area contributed by atoms with Gasteiger partial charge in [-0.1, -0.05) is 18.2 Å². The van der Waals surface area contributed by atoms with Crippen LogP contribution in [0.1, 0.15) is 33.2 Å². The van der Waals surface area contributed by atoms with Crippen molar-refractivity contribution in [2.45, 2.75) is 18.5 Å². The first-order valence-corrected chi connectivity index (χ1v) is 8.20. The molecule has 158 valence electrons. The minimum Gasteiger partial charge on any atom is -0.496 e. The monoisotopic (exact) mass is 421 g/mol. The van der Waals surface area contributed by atoms with E-state index < -0.39 is 41.1 Å². The van der Waals surface area contributed by atoms with E-state index in [1.807, 2.05) is 0 Å². The van der Waals surface area contributed by atoms with Gasteiger partial charge in [0, 0.05) is 24.8 Å². The van der Waals surface area contributed by atoms with Gasteiger partial charge in [-0.3, -0.25) is 4.79 Å². The fraction of sp³-hybridized carbons (Fsp3) is 0.316. The Kier molecular flexibility index (Phi) is 6.78. The zero-order valence-electron chi connectivity index (χ0n) is 15.3. The van der Waals surface area contributed by atoms with Crippen LogP contribution in [-0.4, -0.2) is 26.7 Å². The summed E-state index contributed by atoms with van der Waals surface area (Å²) in [6.45, 7) is -0.201. The smallest absolute Gasteiger partial charge is 0.416 e. The summed E-state index contributed by atoms with van der Waals surface area (Å²) in [5.41, 5.74) is -3.34. The van der Waals surface area contributed by atoms with E-state index in [2.05, 4.69) is 5.32 Å². The lowest BCUT2D eigenvalue weighted by molar-refractivity contribution is -0.143. The van der Waals surface area contributed by atoms with Gasteiger partial charge in [0.2, 0.25) is 0 Å². The van der Waals surface area contributed by atoms with E-state index in [1.54, 1.807) is 24.3 Å². The highest BCUT2D eigenvalue weighted by molar-refractivity contribution is 5.94. The Morgan fingerprint density at radius 1 is 0.966 bits per heavy atom. The highest BCUT2D eigenvalue weighted by Crippen LogP contribution is 2.36. The highest BCUT2D eigenvalue weighted by atomic mass is 19.4. The lowest BCUT2D eigenvalue weighted by atomic mass is 10.0. The summed E-state index contributed by atoms with van der Waals surface area (Å²) in [5, 5.41) is 2.30. The van der Waals surface area contributed by atoms with Crippen molar-refractivity contribution in [3.05, 3.63) is 64.7 Å². The number of halogens is 6. The summed E-state index contributed by atoms with van der Waals surface area (Å²) in [7, 11) is 2.76. The van der Waals surface area contributed by atoms with Crippen molar-refractivity contribution >= 4 is 5.91 Å². The predicted molar refractivity (Wildman–Crippen MR) is 91.5 cm³/mol. The van der Waals surface area contributed by atoms with Crippen LogP contribution >= 0.6 is 0 Å². The number of hydrogen-bond donors (Lipinski definition) is 1. The van der Waals surface area contributed by atoms with Crippen LogP contribution in [-0.2, 0) is 17.1 Å². The van der Waals surface area contributed by atoms with Gasteiger partial charge < -0.3 is 14.8 Å². The van der Waals surface area contributed by atoms with E-state index in [0.29, 0.717) is 23.4 Å². The van der Waals surface area contributed by atoms with Crippen LogP contribution in [0.3, 0.4) is 0 Å². The maximum absolute atomic E-state index is 12.9. The predicted octanol–water partition coefficient (Wildman–Crippen LogP) is 4.85. The molecule has 0 heterocycles. The van der Waals surface area contributed by atoms with Crippen molar-refractivity contribution in [3.8, 4) is 5.75 Å². The highest BCUT2D eigenvalue weighted by Gasteiger charge is 2.37. The van der Waals surface area contributed by atoms with Gasteiger partial charge in [0.15, 0.2) is 0 Å². The van der Waals surface area contributed by atoms with Gasteiger partial charge in [-0.05, 0) is 24.3 Å². The number of hydrogen-bond acceptors (Lipinski definition) is 3. The molecule has 1 atom stereocenters. The van der Waals surface area contributed by atoms with Gasteiger partial charge in [0.05, 0.1) is 18.2 Å². The standard InChI is InChI=1S/C19H17F6NO3/c1-28-15-6-4-3-5-14(15)16(29-2)10-26-17(27)11-7-12(18(20,21)22)9-13(8-11)19(23,24)25/h3-9,16H,10H2,1-2H3,(H,26,27). The maximum Gasteiger partial charge on any atom is 0.416 e. The van der Waals surface area contributed by atoms with E-state index in [0.717, 1.165) is 0 Å². The third kappa shape index (κ3) is 5.63. The molecule has 1 amide bonds. The number of alkyl halides is 6. The molecular weight excluding hydrogens is 404 g/mol. The zero-order valence-corrected chi connectivity index (χ0v) is 15.3. The Balaban J connectivity index is 2.27. The first-order valence-electron chi connectivity index (χ1n) is 8.20. The molecule has 0 fully saturated rings.